The number of aryl methyl sites for hydroxylation is 2. The second kappa shape index (κ2) is 9.30. The lowest BCUT2D eigenvalue weighted by molar-refractivity contribution is -0.146. The number of Topliss-reactive ketones (excluding diaryl/α,β-unsaturated/α-hetero) is 1. The highest BCUT2D eigenvalue weighted by molar-refractivity contribution is 7.12. The number of ketones is 1. The number of hydrogen-bond donors (Lipinski definition) is 1. The lowest BCUT2D eigenvalue weighted by atomic mass is 9.97. The second-order valence-corrected chi connectivity index (χ2v) is 7.55. The summed E-state index contributed by atoms with van der Waals surface area (Å²) in [4.78, 5) is 38.0. The molecule has 1 heterocycles. The molecule has 0 saturated carbocycles. The maximum atomic E-state index is 13.1. The van der Waals surface area contributed by atoms with E-state index in [1.54, 1.807) is 53.9 Å². The first kappa shape index (κ1) is 20.5. The van der Waals surface area contributed by atoms with E-state index in [1.165, 1.54) is 11.3 Å². The average Bonchev–Trinajstić information content (AvgIpc) is 3.27. The third-order valence-corrected chi connectivity index (χ3v) is 5.39. The summed E-state index contributed by atoms with van der Waals surface area (Å²) in [5, 5.41) is 4.30. The van der Waals surface area contributed by atoms with E-state index in [-0.39, 0.29) is 18.2 Å². The zero-order valence-electron chi connectivity index (χ0n) is 16.2. The molecule has 0 fully saturated rings. The Morgan fingerprint density at radius 2 is 1.72 bits per heavy atom. The van der Waals surface area contributed by atoms with E-state index in [0.717, 1.165) is 11.1 Å². The fourth-order valence-corrected chi connectivity index (χ4v) is 3.41. The maximum absolute atomic E-state index is 13.1. The molecule has 5 nitrogen and oxygen atoms in total. The number of thiophene rings is 1. The normalized spacial score (nSPS) is 11.5. The number of ether oxygens (including phenoxy) is 1. The highest BCUT2D eigenvalue weighted by Gasteiger charge is 2.26. The molecule has 0 aliphatic carbocycles. The number of carbonyl (C=O) groups is 3. The molecule has 1 unspecified atom stereocenters. The highest BCUT2D eigenvalue weighted by atomic mass is 32.1. The molecule has 1 aromatic heterocycles. The van der Waals surface area contributed by atoms with Gasteiger partial charge in [-0.2, -0.15) is 0 Å². The third kappa shape index (κ3) is 5.18. The summed E-state index contributed by atoms with van der Waals surface area (Å²) in [6.45, 7) is 3.57. The minimum Gasteiger partial charge on any atom is -0.448 e. The molecule has 0 radical (unpaired) electrons. The van der Waals surface area contributed by atoms with Gasteiger partial charge < -0.3 is 10.1 Å². The Labute approximate surface area is 173 Å². The van der Waals surface area contributed by atoms with Gasteiger partial charge in [0.2, 0.25) is 5.78 Å². The third-order valence-electron chi connectivity index (χ3n) is 4.52. The first-order valence-electron chi connectivity index (χ1n) is 9.13. The fourth-order valence-electron chi connectivity index (χ4n) is 2.77. The number of hydrogen-bond acceptors (Lipinski definition) is 5. The van der Waals surface area contributed by atoms with Gasteiger partial charge in [-0.1, -0.05) is 48.5 Å². The van der Waals surface area contributed by atoms with Gasteiger partial charge in [0.15, 0.2) is 6.10 Å². The largest absolute Gasteiger partial charge is 0.448 e. The van der Waals surface area contributed by atoms with E-state index in [1.807, 2.05) is 26.0 Å². The van der Waals surface area contributed by atoms with Crippen LogP contribution in [0.25, 0.3) is 0 Å². The Kier molecular flexibility index (Phi) is 6.57. The van der Waals surface area contributed by atoms with Crippen LogP contribution in [-0.2, 0) is 9.53 Å². The summed E-state index contributed by atoms with van der Waals surface area (Å²) in [5.74, 6) is -1.34. The van der Waals surface area contributed by atoms with Crippen LogP contribution in [0.2, 0.25) is 0 Å². The van der Waals surface area contributed by atoms with E-state index in [9.17, 15) is 14.4 Å². The van der Waals surface area contributed by atoms with Crippen molar-refractivity contribution in [1.29, 1.82) is 0 Å². The van der Waals surface area contributed by atoms with E-state index in [2.05, 4.69) is 5.32 Å². The van der Waals surface area contributed by atoms with Gasteiger partial charge in [-0.05, 0) is 42.5 Å². The Hall–Kier alpha value is -3.25. The molecule has 29 heavy (non-hydrogen) atoms. The minimum absolute atomic E-state index is 0.308. The average molecular weight is 407 g/mol. The summed E-state index contributed by atoms with van der Waals surface area (Å²) < 4.78 is 5.49. The zero-order valence-corrected chi connectivity index (χ0v) is 17.0. The first-order valence-corrected chi connectivity index (χ1v) is 10.0. The Morgan fingerprint density at radius 1 is 0.966 bits per heavy atom. The molecule has 0 saturated heterocycles. The summed E-state index contributed by atoms with van der Waals surface area (Å²) in [7, 11) is 0. The van der Waals surface area contributed by atoms with Gasteiger partial charge in [0, 0.05) is 11.1 Å². The van der Waals surface area contributed by atoms with Gasteiger partial charge in [0.1, 0.15) is 6.54 Å². The molecule has 0 aliphatic heterocycles. The number of carbonyl (C=O) groups excluding carboxylic acids is 3. The number of rotatable bonds is 7. The standard InChI is InChI=1S/C23H21NO4S/c1-15-10-11-18(13-16(15)2)21(26)22(17-7-4-3-5-8-17)28-20(25)14-24-23(27)19-9-6-12-29-19/h3-13,22H,14H2,1-2H3,(H,24,27). The van der Waals surface area contributed by atoms with Gasteiger partial charge in [0.25, 0.3) is 5.91 Å². The number of benzene rings is 2. The Morgan fingerprint density at radius 3 is 2.38 bits per heavy atom. The van der Waals surface area contributed by atoms with Crippen LogP contribution in [0.1, 0.15) is 42.8 Å². The van der Waals surface area contributed by atoms with Crippen LogP contribution in [-0.4, -0.2) is 24.2 Å². The molecular formula is C23H21NO4S. The van der Waals surface area contributed by atoms with Crippen LogP contribution < -0.4 is 5.32 Å². The van der Waals surface area contributed by atoms with Crippen molar-refractivity contribution < 1.29 is 19.1 Å². The molecule has 1 N–H and O–H groups in total. The molecule has 3 aromatic rings. The Bertz CT molecular complexity index is 1010. The predicted molar refractivity (Wildman–Crippen MR) is 112 cm³/mol. The Balaban J connectivity index is 1.75. The smallest absolute Gasteiger partial charge is 0.326 e. The van der Waals surface area contributed by atoms with Gasteiger partial charge in [-0.25, -0.2) is 0 Å². The van der Waals surface area contributed by atoms with E-state index in [4.69, 9.17) is 4.74 Å². The fraction of sp³-hybridized carbons (Fsp3) is 0.174. The van der Waals surface area contributed by atoms with Crippen LogP contribution in [0.15, 0.2) is 66.0 Å². The molecule has 6 heteroatoms. The summed E-state index contributed by atoms with van der Waals surface area (Å²) in [6, 6.07) is 17.7. The van der Waals surface area contributed by atoms with Crippen molar-refractivity contribution in [2.45, 2.75) is 20.0 Å². The number of esters is 1. The van der Waals surface area contributed by atoms with Crippen molar-refractivity contribution in [3.63, 3.8) is 0 Å². The molecule has 1 atom stereocenters. The quantitative estimate of drug-likeness (QED) is 0.469. The highest BCUT2D eigenvalue weighted by Crippen LogP contribution is 2.24. The maximum Gasteiger partial charge on any atom is 0.326 e. The lowest BCUT2D eigenvalue weighted by Crippen LogP contribution is -2.32. The molecule has 0 spiro atoms. The van der Waals surface area contributed by atoms with E-state index in [0.29, 0.717) is 16.0 Å². The molecule has 148 valence electrons. The van der Waals surface area contributed by atoms with Crippen molar-refractivity contribution in [3.05, 3.63) is 93.2 Å². The van der Waals surface area contributed by atoms with Crippen molar-refractivity contribution in [2.75, 3.05) is 6.54 Å². The monoisotopic (exact) mass is 407 g/mol. The zero-order chi connectivity index (χ0) is 20.8. The predicted octanol–water partition coefficient (Wildman–Crippen LogP) is 4.26. The first-order chi connectivity index (χ1) is 14.0. The number of amides is 1. The lowest BCUT2D eigenvalue weighted by Gasteiger charge is -2.18. The topological polar surface area (TPSA) is 72.5 Å². The summed E-state index contributed by atoms with van der Waals surface area (Å²) in [5.41, 5.74) is 3.11. The van der Waals surface area contributed by atoms with Crippen LogP contribution in [0.4, 0.5) is 0 Å². The van der Waals surface area contributed by atoms with Gasteiger partial charge in [0.05, 0.1) is 4.88 Å². The molecular weight excluding hydrogens is 386 g/mol. The van der Waals surface area contributed by atoms with E-state index >= 15 is 0 Å². The molecule has 3 rings (SSSR count). The number of nitrogens with one attached hydrogen (secondary N) is 1. The van der Waals surface area contributed by atoms with Crippen molar-refractivity contribution in [3.8, 4) is 0 Å². The van der Waals surface area contributed by atoms with Gasteiger partial charge in [-0.3, -0.25) is 14.4 Å². The SMILES string of the molecule is Cc1ccc(C(=O)C(OC(=O)CNC(=O)c2cccs2)c2ccccc2)cc1C. The van der Waals surface area contributed by atoms with Crippen LogP contribution >= 0.6 is 11.3 Å². The minimum atomic E-state index is -1.08. The molecule has 1 amide bonds. The van der Waals surface area contributed by atoms with Crippen LogP contribution in [0.3, 0.4) is 0 Å². The summed E-state index contributed by atoms with van der Waals surface area (Å²) in [6.07, 6.45) is -1.08. The van der Waals surface area contributed by atoms with Crippen molar-refractivity contribution >= 4 is 29.0 Å². The molecule has 2 aromatic carbocycles. The summed E-state index contributed by atoms with van der Waals surface area (Å²) >= 11 is 1.28. The van der Waals surface area contributed by atoms with Gasteiger partial charge in [-0.15, -0.1) is 11.3 Å². The van der Waals surface area contributed by atoms with Crippen molar-refractivity contribution in [2.24, 2.45) is 0 Å². The molecule has 0 bridgehead atoms. The van der Waals surface area contributed by atoms with Crippen molar-refractivity contribution in [1.82, 2.24) is 5.32 Å². The van der Waals surface area contributed by atoms with E-state index < -0.39 is 12.1 Å². The second-order valence-electron chi connectivity index (χ2n) is 6.60. The van der Waals surface area contributed by atoms with Crippen LogP contribution in [0.5, 0.6) is 0 Å². The van der Waals surface area contributed by atoms with Crippen LogP contribution in [0, 0.1) is 13.8 Å². The molecule has 0 aliphatic rings. The van der Waals surface area contributed by atoms with Gasteiger partial charge >= 0.3 is 5.97 Å².